The summed E-state index contributed by atoms with van der Waals surface area (Å²) in [6.07, 6.45) is 9.35. The van der Waals surface area contributed by atoms with Crippen LogP contribution in [0.3, 0.4) is 0 Å². The molecule has 67 heavy (non-hydrogen) atoms. The monoisotopic (exact) mass is 921 g/mol. The van der Waals surface area contributed by atoms with Crippen LogP contribution in [0.1, 0.15) is 94.5 Å². The number of fused-ring (bicyclic) bond motifs is 6. The first kappa shape index (κ1) is 45.7. The van der Waals surface area contributed by atoms with E-state index in [1.54, 1.807) is 7.11 Å². The molecule has 1 aromatic heterocycles. The summed E-state index contributed by atoms with van der Waals surface area (Å²) < 4.78 is 24.3. The lowest BCUT2D eigenvalue weighted by Gasteiger charge is -2.63. The molecular formula is C52H68N6O9. The van der Waals surface area contributed by atoms with Crippen LogP contribution in [-0.2, 0) is 45.8 Å². The number of carbonyl (C=O) groups excluding carboxylic acids is 4. The van der Waals surface area contributed by atoms with Gasteiger partial charge in [-0.25, -0.2) is 9.59 Å². The van der Waals surface area contributed by atoms with Gasteiger partial charge in [0, 0.05) is 104 Å². The highest BCUT2D eigenvalue weighted by atomic mass is 16.6. The molecule has 3 aromatic rings. The minimum atomic E-state index is -2.32. The minimum absolute atomic E-state index is 0.0210. The van der Waals surface area contributed by atoms with Gasteiger partial charge in [-0.3, -0.25) is 14.5 Å². The molecule has 0 radical (unpaired) electrons. The summed E-state index contributed by atoms with van der Waals surface area (Å²) in [5.41, 5.74) is -1.29. The van der Waals surface area contributed by atoms with Crippen molar-refractivity contribution < 1.29 is 43.2 Å². The molecule has 1 saturated carbocycles. The molecule has 7 heterocycles. The van der Waals surface area contributed by atoms with Crippen LogP contribution in [0.25, 0.3) is 10.9 Å². The van der Waals surface area contributed by atoms with Crippen LogP contribution in [0, 0.1) is 11.3 Å². The molecular weight excluding hydrogens is 853 g/mol. The number of urea groups is 1. The Balaban J connectivity index is 1.21. The number of anilines is 1. The maximum Gasteiger partial charge on any atom is 0.344 e. The number of aromatic nitrogens is 1. The highest BCUT2D eigenvalue weighted by molar-refractivity contribution is 5.95. The van der Waals surface area contributed by atoms with Crippen molar-refractivity contribution in [2.75, 3.05) is 79.1 Å². The predicted molar refractivity (Wildman–Crippen MR) is 252 cm³/mol. The second-order valence-corrected chi connectivity index (χ2v) is 20.7. The molecule has 360 valence electrons. The van der Waals surface area contributed by atoms with Gasteiger partial charge in [-0.1, -0.05) is 44.2 Å². The van der Waals surface area contributed by atoms with Gasteiger partial charge in [0.25, 0.3) is 0 Å². The molecule has 10 rings (SSSR count). The number of methoxy groups -OCH3 is 3. The van der Waals surface area contributed by atoms with Gasteiger partial charge in [0.05, 0.1) is 32.9 Å². The van der Waals surface area contributed by atoms with Crippen LogP contribution in [-0.4, -0.2) is 152 Å². The van der Waals surface area contributed by atoms with Gasteiger partial charge in [-0.05, 0) is 93.5 Å². The molecule has 10 atom stereocenters. The molecule has 3 saturated heterocycles. The smallest absolute Gasteiger partial charge is 0.344 e. The first-order chi connectivity index (χ1) is 32.2. The summed E-state index contributed by atoms with van der Waals surface area (Å²) in [5.74, 6) is -1.54. The third-order valence-electron chi connectivity index (χ3n) is 17.7. The maximum atomic E-state index is 15.7. The number of benzene rings is 2. The quantitative estimate of drug-likeness (QED) is 0.154. The molecule has 4 fully saturated rings. The van der Waals surface area contributed by atoms with E-state index in [2.05, 4.69) is 57.4 Å². The number of hydrogen-bond donors (Lipinski definition) is 3. The minimum Gasteiger partial charge on any atom is -0.496 e. The fraction of sp³-hybridized carbons (Fsp3) is 0.615. The normalized spacial score (nSPS) is 35.3. The van der Waals surface area contributed by atoms with E-state index in [0.717, 1.165) is 85.3 Å². The van der Waals surface area contributed by atoms with Gasteiger partial charge < -0.3 is 49.1 Å². The standard InChI is InChI=1S/C52H68N6O9/c1-8-48(54-47(62)58-21-13-10-14-22-58)28-33-29-51(45(60)65-6,41-35(18-24-56(30-33)31-48)34-16-11-12-17-38(34)53-41)37-26-36-39(27-40(37)64-5)55(4)43-50(36)20-25-57-23-15-19-49(9-2,42(50)57)44(67-32(3)59)52(43,63)46(61)66-7/h11-12,15-17,19,26-27,33,42-44,53,63H,8-10,13-14,18,20-25,28-31H2,1-7H3,(H,54,62)/t33-,42+,43-,44-,48+,49-,50-,51+,52+/m1/s1. The van der Waals surface area contributed by atoms with Crippen molar-refractivity contribution in [3.8, 4) is 5.75 Å². The summed E-state index contributed by atoms with van der Waals surface area (Å²) in [5, 5.41) is 18.1. The Hall–Kier alpha value is -5.12. The van der Waals surface area contributed by atoms with E-state index < -0.39 is 57.4 Å². The number of piperidine rings is 2. The Labute approximate surface area is 393 Å². The third-order valence-corrected chi connectivity index (χ3v) is 17.7. The molecule has 1 aliphatic carbocycles. The van der Waals surface area contributed by atoms with E-state index in [0.29, 0.717) is 63.1 Å². The Bertz CT molecular complexity index is 2520. The number of hydrogen-bond acceptors (Lipinski definition) is 12. The van der Waals surface area contributed by atoms with Crippen LogP contribution >= 0.6 is 0 Å². The van der Waals surface area contributed by atoms with Crippen LogP contribution in [0.5, 0.6) is 5.75 Å². The van der Waals surface area contributed by atoms with Crippen LogP contribution in [0.2, 0.25) is 0 Å². The maximum absolute atomic E-state index is 15.7. The van der Waals surface area contributed by atoms with Crippen LogP contribution in [0.4, 0.5) is 10.5 Å². The number of aromatic amines is 1. The number of H-pyrrole nitrogens is 1. The van der Waals surface area contributed by atoms with E-state index in [-0.39, 0.29) is 18.0 Å². The third kappa shape index (κ3) is 6.38. The molecule has 2 aromatic carbocycles. The molecule has 1 spiro atoms. The van der Waals surface area contributed by atoms with E-state index in [1.165, 1.54) is 21.1 Å². The highest BCUT2D eigenvalue weighted by Crippen LogP contribution is 2.68. The van der Waals surface area contributed by atoms with Gasteiger partial charge in [-0.2, -0.15) is 0 Å². The van der Waals surface area contributed by atoms with E-state index in [1.807, 2.05) is 42.0 Å². The number of aliphatic hydroxyl groups is 1. The zero-order valence-electron chi connectivity index (χ0n) is 40.2. The molecule has 6 aliphatic heterocycles. The van der Waals surface area contributed by atoms with Crippen molar-refractivity contribution in [3.63, 3.8) is 0 Å². The van der Waals surface area contributed by atoms with Crippen molar-refractivity contribution >= 4 is 40.5 Å². The van der Waals surface area contributed by atoms with Crippen molar-refractivity contribution in [2.45, 2.75) is 119 Å². The predicted octanol–water partition coefficient (Wildman–Crippen LogP) is 5.19. The highest BCUT2D eigenvalue weighted by Gasteiger charge is 2.80. The lowest BCUT2D eigenvalue weighted by Crippen LogP contribution is -2.81. The fourth-order valence-corrected chi connectivity index (χ4v) is 15.1. The van der Waals surface area contributed by atoms with E-state index in [9.17, 15) is 19.5 Å². The number of esters is 3. The van der Waals surface area contributed by atoms with E-state index in [4.69, 9.17) is 18.9 Å². The fourth-order valence-electron chi connectivity index (χ4n) is 15.1. The molecule has 2 bridgehead atoms. The first-order valence-corrected chi connectivity index (χ1v) is 24.5. The number of amides is 2. The van der Waals surface area contributed by atoms with E-state index >= 15 is 4.79 Å². The van der Waals surface area contributed by atoms with Crippen LogP contribution < -0.4 is 15.0 Å². The van der Waals surface area contributed by atoms with Gasteiger partial charge in [-0.15, -0.1) is 0 Å². The second kappa shape index (κ2) is 16.5. The number of likely N-dealkylation sites (N-methyl/N-ethyl adjacent to an activating group) is 1. The SMILES string of the molecule is CC[C@]1(NC(=O)N2CCCCC2)C[C@H]2CN(CCc3c([nH]c4ccccc34)[C@@](C(=O)OC)(c3cc4c(cc3OC)N(C)[C@H]3[C@@](O)(C(=O)OC)[C@H](OC(C)=O)[C@]5(CC)C=CCN6CC[C@]43[C@@H]65)C2)C1. The second-order valence-electron chi connectivity index (χ2n) is 20.7. The average Bonchev–Trinajstić information content (AvgIpc) is 4.00. The summed E-state index contributed by atoms with van der Waals surface area (Å²) in [7, 11) is 6.21. The number of nitrogens with one attached hydrogen (secondary N) is 2. The van der Waals surface area contributed by atoms with Gasteiger partial charge in [0.1, 0.15) is 11.2 Å². The summed E-state index contributed by atoms with van der Waals surface area (Å²) in [4.78, 5) is 70.1. The Morgan fingerprint density at radius 1 is 0.910 bits per heavy atom. The summed E-state index contributed by atoms with van der Waals surface area (Å²) in [6.45, 7) is 10.4. The molecule has 15 heteroatoms. The number of para-hydroxylation sites is 1. The zero-order valence-corrected chi connectivity index (χ0v) is 40.2. The Morgan fingerprint density at radius 3 is 2.37 bits per heavy atom. The van der Waals surface area contributed by atoms with Crippen molar-refractivity contribution in [1.82, 2.24) is 25.0 Å². The molecule has 1 unspecified atom stereocenters. The molecule has 15 nitrogen and oxygen atoms in total. The number of ether oxygens (including phenoxy) is 4. The van der Waals surface area contributed by atoms with Crippen molar-refractivity contribution in [2.24, 2.45) is 11.3 Å². The lowest BCUT2D eigenvalue weighted by molar-refractivity contribution is -0.228. The van der Waals surface area contributed by atoms with Crippen LogP contribution in [0.15, 0.2) is 48.6 Å². The first-order valence-electron chi connectivity index (χ1n) is 24.5. The van der Waals surface area contributed by atoms with Gasteiger partial charge >= 0.3 is 23.9 Å². The van der Waals surface area contributed by atoms with Crippen molar-refractivity contribution in [3.05, 3.63) is 70.9 Å². The average molecular weight is 921 g/mol. The Morgan fingerprint density at radius 2 is 1.67 bits per heavy atom. The Kier molecular flexibility index (Phi) is 11.3. The number of nitrogens with zero attached hydrogens (tertiary/aromatic N) is 4. The zero-order chi connectivity index (χ0) is 47.3. The molecule has 2 amide bonds. The molecule has 7 aliphatic rings. The lowest BCUT2D eigenvalue weighted by atomic mass is 9.47. The summed E-state index contributed by atoms with van der Waals surface area (Å²) in [6, 6.07) is 11.0. The topological polar surface area (TPSA) is 166 Å². The van der Waals surface area contributed by atoms with Gasteiger partial charge in [0.15, 0.2) is 6.10 Å². The van der Waals surface area contributed by atoms with Gasteiger partial charge in [0.2, 0.25) is 5.60 Å². The number of carbonyl (C=O) groups is 4. The number of likely N-dealkylation sites (tertiary alicyclic amines) is 1. The largest absolute Gasteiger partial charge is 0.496 e. The van der Waals surface area contributed by atoms with Crippen molar-refractivity contribution in [1.29, 1.82) is 0 Å². The number of rotatable bonds is 8. The summed E-state index contributed by atoms with van der Waals surface area (Å²) >= 11 is 0. The molecule has 3 N–H and O–H groups in total.